The minimum absolute atomic E-state index is 0.152. The van der Waals surface area contributed by atoms with Crippen molar-refractivity contribution in [1.82, 2.24) is 5.43 Å². The summed E-state index contributed by atoms with van der Waals surface area (Å²) in [6.45, 7) is 2.17. The van der Waals surface area contributed by atoms with Gasteiger partial charge in [-0.2, -0.15) is 10.4 Å². The van der Waals surface area contributed by atoms with E-state index in [1.54, 1.807) is 0 Å². The van der Waals surface area contributed by atoms with Gasteiger partial charge in [-0.05, 0) is 48.7 Å². The first-order chi connectivity index (χ1) is 12.2. The smallest absolute Gasteiger partial charge is 0.274 e. The number of anilines is 1. The van der Waals surface area contributed by atoms with E-state index in [1.807, 2.05) is 30.3 Å². The van der Waals surface area contributed by atoms with Gasteiger partial charge >= 0.3 is 0 Å². The Labute approximate surface area is 145 Å². The van der Waals surface area contributed by atoms with E-state index in [2.05, 4.69) is 15.4 Å². The average molecular weight is 336 g/mol. The molecule has 1 fully saturated rings. The highest BCUT2D eigenvalue weighted by atomic mass is 19.1. The van der Waals surface area contributed by atoms with Gasteiger partial charge in [0.2, 0.25) is 0 Å². The highest BCUT2D eigenvalue weighted by Gasteiger charge is 2.12. The van der Waals surface area contributed by atoms with Crippen molar-refractivity contribution in [3.05, 3.63) is 65.0 Å². The van der Waals surface area contributed by atoms with Crippen LogP contribution in [0, 0.1) is 17.1 Å². The Morgan fingerprint density at radius 3 is 2.56 bits per heavy atom. The SMILES string of the molecule is N#Cc1ccc(C(=O)NN=Cc2ccc(N3CCCC3)cc2)c(F)c1. The molecule has 0 saturated carbocycles. The van der Waals surface area contributed by atoms with Crippen molar-refractivity contribution >= 4 is 17.8 Å². The zero-order valence-corrected chi connectivity index (χ0v) is 13.6. The number of benzene rings is 2. The molecule has 1 amide bonds. The third-order valence-corrected chi connectivity index (χ3v) is 4.09. The van der Waals surface area contributed by atoms with Crippen molar-refractivity contribution < 1.29 is 9.18 Å². The monoisotopic (exact) mass is 336 g/mol. The van der Waals surface area contributed by atoms with Crippen molar-refractivity contribution in [2.45, 2.75) is 12.8 Å². The van der Waals surface area contributed by atoms with Crippen molar-refractivity contribution in [3.8, 4) is 6.07 Å². The number of hydrogen-bond acceptors (Lipinski definition) is 4. The molecule has 1 aliphatic rings. The van der Waals surface area contributed by atoms with E-state index in [-0.39, 0.29) is 11.1 Å². The molecular formula is C19H17FN4O. The molecule has 126 valence electrons. The van der Waals surface area contributed by atoms with Crippen LogP contribution in [0.15, 0.2) is 47.6 Å². The van der Waals surface area contributed by atoms with Gasteiger partial charge in [0.15, 0.2) is 0 Å². The van der Waals surface area contributed by atoms with Crippen LogP contribution in [0.3, 0.4) is 0 Å². The van der Waals surface area contributed by atoms with E-state index >= 15 is 0 Å². The molecule has 1 N–H and O–H groups in total. The van der Waals surface area contributed by atoms with Crippen LogP contribution in [0.5, 0.6) is 0 Å². The summed E-state index contributed by atoms with van der Waals surface area (Å²) in [4.78, 5) is 14.3. The molecule has 0 atom stereocenters. The lowest BCUT2D eigenvalue weighted by atomic mass is 10.1. The molecule has 0 spiro atoms. The second-order valence-corrected chi connectivity index (χ2v) is 5.79. The van der Waals surface area contributed by atoms with Crippen molar-refractivity contribution in [3.63, 3.8) is 0 Å². The zero-order valence-electron chi connectivity index (χ0n) is 13.6. The fraction of sp³-hybridized carbons (Fsp3) is 0.211. The fourth-order valence-electron chi connectivity index (χ4n) is 2.74. The van der Waals surface area contributed by atoms with Crippen LogP contribution in [0.2, 0.25) is 0 Å². The van der Waals surface area contributed by atoms with Gasteiger partial charge in [-0.3, -0.25) is 4.79 Å². The number of hydrazone groups is 1. The van der Waals surface area contributed by atoms with Crippen LogP contribution >= 0.6 is 0 Å². The van der Waals surface area contributed by atoms with Gasteiger partial charge in [0.25, 0.3) is 5.91 Å². The number of nitriles is 1. The second kappa shape index (κ2) is 7.58. The molecule has 0 unspecified atom stereocenters. The minimum Gasteiger partial charge on any atom is -0.372 e. The van der Waals surface area contributed by atoms with Crippen LogP contribution in [-0.4, -0.2) is 25.2 Å². The number of nitrogens with one attached hydrogen (secondary N) is 1. The summed E-state index contributed by atoms with van der Waals surface area (Å²) in [7, 11) is 0. The summed E-state index contributed by atoms with van der Waals surface area (Å²) in [5.41, 5.74) is 4.32. The van der Waals surface area contributed by atoms with Gasteiger partial charge in [-0.15, -0.1) is 0 Å². The van der Waals surface area contributed by atoms with Crippen LogP contribution in [0.1, 0.15) is 34.3 Å². The maximum atomic E-state index is 13.8. The summed E-state index contributed by atoms with van der Waals surface area (Å²) in [5.74, 6) is -1.41. The van der Waals surface area contributed by atoms with Gasteiger partial charge in [0.05, 0.1) is 23.4 Å². The van der Waals surface area contributed by atoms with Crippen LogP contribution in [0.25, 0.3) is 0 Å². The molecule has 1 aliphatic heterocycles. The Morgan fingerprint density at radius 1 is 1.20 bits per heavy atom. The topological polar surface area (TPSA) is 68.5 Å². The number of nitrogens with zero attached hydrogens (tertiary/aromatic N) is 3. The lowest BCUT2D eigenvalue weighted by Crippen LogP contribution is -2.19. The lowest BCUT2D eigenvalue weighted by Gasteiger charge is -2.17. The summed E-state index contributed by atoms with van der Waals surface area (Å²) < 4.78 is 13.8. The summed E-state index contributed by atoms with van der Waals surface area (Å²) >= 11 is 0. The largest absolute Gasteiger partial charge is 0.372 e. The van der Waals surface area contributed by atoms with Gasteiger partial charge in [0.1, 0.15) is 5.82 Å². The van der Waals surface area contributed by atoms with Crippen LogP contribution in [0.4, 0.5) is 10.1 Å². The van der Waals surface area contributed by atoms with Gasteiger partial charge in [-0.1, -0.05) is 12.1 Å². The number of carbonyl (C=O) groups excluding carboxylic acids is 1. The van der Waals surface area contributed by atoms with Gasteiger partial charge in [-0.25, -0.2) is 9.82 Å². The lowest BCUT2D eigenvalue weighted by molar-refractivity contribution is 0.0951. The van der Waals surface area contributed by atoms with Crippen molar-refractivity contribution in [1.29, 1.82) is 5.26 Å². The second-order valence-electron chi connectivity index (χ2n) is 5.79. The predicted octanol–water partition coefficient (Wildman–Crippen LogP) is 3.06. The molecule has 3 rings (SSSR count). The molecular weight excluding hydrogens is 319 g/mol. The maximum absolute atomic E-state index is 13.8. The normalized spacial score (nSPS) is 13.8. The molecule has 1 heterocycles. The van der Waals surface area contributed by atoms with Crippen molar-refractivity contribution in [2.24, 2.45) is 5.10 Å². The number of hydrogen-bond donors (Lipinski definition) is 1. The standard InChI is InChI=1S/C19H17FN4O/c20-18-11-15(12-21)5-8-17(18)19(25)23-22-13-14-3-6-16(7-4-14)24-9-1-2-10-24/h3-8,11,13H,1-2,9-10H2,(H,23,25). The molecule has 0 bridgehead atoms. The molecule has 0 aliphatic carbocycles. The van der Waals surface area contributed by atoms with E-state index in [0.29, 0.717) is 0 Å². The Hall–Kier alpha value is -3.20. The number of amides is 1. The fourth-order valence-corrected chi connectivity index (χ4v) is 2.74. The molecule has 1 saturated heterocycles. The van der Waals surface area contributed by atoms with Crippen LogP contribution in [-0.2, 0) is 0 Å². The van der Waals surface area contributed by atoms with E-state index in [9.17, 15) is 9.18 Å². The van der Waals surface area contributed by atoms with Gasteiger partial charge < -0.3 is 4.90 Å². The number of rotatable bonds is 4. The first kappa shape index (κ1) is 16.7. The highest BCUT2D eigenvalue weighted by Crippen LogP contribution is 2.19. The molecule has 0 aromatic heterocycles. The predicted molar refractivity (Wildman–Crippen MR) is 94.1 cm³/mol. The number of halogens is 1. The third-order valence-electron chi connectivity index (χ3n) is 4.09. The maximum Gasteiger partial charge on any atom is 0.274 e. The van der Waals surface area contributed by atoms with Crippen LogP contribution < -0.4 is 10.3 Å². The quantitative estimate of drug-likeness (QED) is 0.689. The van der Waals surface area contributed by atoms with E-state index in [0.717, 1.165) is 24.7 Å². The zero-order chi connectivity index (χ0) is 17.6. The molecule has 0 radical (unpaired) electrons. The first-order valence-corrected chi connectivity index (χ1v) is 8.05. The Bertz CT molecular complexity index is 833. The average Bonchev–Trinajstić information content (AvgIpc) is 3.16. The molecule has 6 heteroatoms. The number of carbonyl (C=O) groups is 1. The van der Waals surface area contributed by atoms with Crippen molar-refractivity contribution in [2.75, 3.05) is 18.0 Å². The first-order valence-electron chi connectivity index (χ1n) is 8.05. The van der Waals surface area contributed by atoms with E-state index < -0.39 is 11.7 Å². The Balaban J connectivity index is 1.61. The van der Waals surface area contributed by atoms with Gasteiger partial charge in [0, 0.05) is 18.8 Å². The summed E-state index contributed by atoms with van der Waals surface area (Å²) in [5, 5.41) is 12.6. The Kier molecular flexibility index (Phi) is 5.05. The summed E-state index contributed by atoms with van der Waals surface area (Å²) in [6, 6.07) is 13.4. The molecule has 25 heavy (non-hydrogen) atoms. The molecule has 2 aromatic rings. The summed E-state index contributed by atoms with van der Waals surface area (Å²) in [6.07, 6.45) is 3.95. The molecule has 2 aromatic carbocycles. The van der Waals surface area contributed by atoms with E-state index in [4.69, 9.17) is 5.26 Å². The molecule has 5 nitrogen and oxygen atoms in total. The van der Waals surface area contributed by atoms with E-state index in [1.165, 1.54) is 36.9 Å². The highest BCUT2D eigenvalue weighted by molar-refractivity contribution is 5.95. The Morgan fingerprint density at radius 2 is 1.92 bits per heavy atom. The third kappa shape index (κ3) is 4.01. The minimum atomic E-state index is -0.748.